The minimum atomic E-state index is -1.97. The van der Waals surface area contributed by atoms with Gasteiger partial charge in [-0.2, -0.15) is 0 Å². The van der Waals surface area contributed by atoms with Gasteiger partial charge in [-0.25, -0.2) is 4.21 Å². The van der Waals surface area contributed by atoms with Crippen LogP contribution in [0, 0.1) is 0 Å². The van der Waals surface area contributed by atoms with Gasteiger partial charge in [0.1, 0.15) is 8.55 Å². The molecule has 1 heterocycles. The molecule has 1 aromatic heterocycles. The first-order valence-corrected chi connectivity index (χ1v) is 4.85. The van der Waals surface area contributed by atoms with Crippen molar-refractivity contribution in [2.24, 2.45) is 0 Å². The van der Waals surface area contributed by atoms with Gasteiger partial charge in [0, 0.05) is 0 Å². The van der Waals surface area contributed by atoms with E-state index < -0.39 is 11.1 Å². The van der Waals surface area contributed by atoms with Gasteiger partial charge < -0.3 is 4.55 Å². The second-order valence-electron chi connectivity index (χ2n) is 1.44. The van der Waals surface area contributed by atoms with E-state index in [2.05, 4.69) is 0 Å². The quantitative estimate of drug-likeness (QED) is 0.603. The van der Waals surface area contributed by atoms with E-state index in [1.54, 1.807) is 0 Å². The average molecular weight is 241 g/mol. The van der Waals surface area contributed by atoms with Crippen molar-refractivity contribution < 1.29 is 8.76 Å². The molecular weight excluding hydrogens is 238 g/mol. The molecule has 1 N–H and O–H groups in total. The third-order valence-corrected chi connectivity index (χ3v) is 3.59. The maximum atomic E-state index is 10.4. The summed E-state index contributed by atoms with van der Waals surface area (Å²) in [4.78, 5) is 0. The van der Waals surface area contributed by atoms with Crippen molar-refractivity contribution in [1.82, 2.24) is 0 Å². The van der Waals surface area contributed by atoms with E-state index in [4.69, 9.17) is 27.8 Å². The van der Waals surface area contributed by atoms with Gasteiger partial charge in [-0.3, -0.25) is 0 Å². The molecule has 7 heteroatoms. The van der Waals surface area contributed by atoms with Gasteiger partial charge in [0.25, 0.3) is 0 Å². The molecule has 0 spiro atoms. The minimum absolute atomic E-state index is 0. The van der Waals surface area contributed by atoms with Gasteiger partial charge in [0.05, 0.1) is 5.02 Å². The van der Waals surface area contributed by atoms with Crippen LogP contribution in [-0.4, -0.2) is 38.3 Å². The summed E-state index contributed by atoms with van der Waals surface area (Å²) in [5.74, 6) is 0. The van der Waals surface area contributed by atoms with Gasteiger partial charge in [-0.1, -0.05) is 23.2 Å². The van der Waals surface area contributed by atoms with Gasteiger partial charge in [0.2, 0.25) is 0 Å². The van der Waals surface area contributed by atoms with E-state index in [1.807, 2.05) is 0 Å². The van der Waals surface area contributed by atoms with E-state index in [9.17, 15) is 4.21 Å². The van der Waals surface area contributed by atoms with Gasteiger partial charge in [-0.15, -0.1) is 11.3 Å². The van der Waals surface area contributed by atoms with Crippen molar-refractivity contribution in [2.75, 3.05) is 0 Å². The Hall–Kier alpha value is 1.39. The monoisotopic (exact) mass is 240 g/mol. The Labute approximate surface area is 102 Å². The van der Waals surface area contributed by atoms with Crippen LogP contribution in [0.2, 0.25) is 9.36 Å². The normalized spacial score (nSPS) is 12.3. The number of hydrogen-bond donors (Lipinski definition) is 1. The number of rotatable bonds is 1. The van der Waals surface area contributed by atoms with Crippen molar-refractivity contribution in [3.63, 3.8) is 0 Å². The van der Waals surface area contributed by atoms with Gasteiger partial charge in [-0.05, 0) is 6.07 Å². The van der Waals surface area contributed by atoms with Crippen LogP contribution in [0.1, 0.15) is 0 Å². The number of halogens is 2. The Morgan fingerprint density at radius 2 is 2.09 bits per heavy atom. The van der Waals surface area contributed by atoms with Crippen LogP contribution in [0.25, 0.3) is 0 Å². The zero-order valence-electron chi connectivity index (χ0n) is 4.51. The molecule has 0 aliphatic rings. The maximum absolute atomic E-state index is 10.4. The van der Waals surface area contributed by atoms with Crippen LogP contribution in [0.4, 0.5) is 0 Å². The number of hydrogen-bond acceptors (Lipinski definition) is 2. The van der Waals surface area contributed by atoms with Crippen molar-refractivity contribution >= 4 is 75.2 Å². The molecule has 0 fully saturated rings. The molecule has 0 aliphatic carbocycles. The molecule has 0 aromatic carbocycles. The van der Waals surface area contributed by atoms with Gasteiger partial charge >= 0.3 is 29.6 Å². The second kappa shape index (κ2) is 5.19. The molecule has 2 nitrogen and oxygen atoms in total. The van der Waals surface area contributed by atoms with Crippen LogP contribution in [0.3, 0.4) is 0 Å². The van der Waals surface area contributed by atoms with Crippen LogP contribution < -0.4 is 0 Å². The first kappa shape index (κ1) is 12.4. The zero-order valence-corrected chi connectivity index (χ0v) is 7.65. The van der Waals surface area contributed by atoms with Crippen LogP contribution in [-0.2, 0) is 11.1 Å². The van der Waals surface area contributed by atoms with Crippen molar-refractivity contribution in [3.05, 3.63) is 15.4 Å². The summed E-state index contributed by atoms with van der Waals surface area (Å²) < 4.78 is 19.5. The molecule has 1 unspecified atom stereocenters. The Morgan fingerprint density at radius 1 is 1.55 bits per heavy atom. The summed E-state index contributed by atoms with van der Waals surface area (Å²) in [5.41, 5.74) is 0. The van der Waals surface area contributed by atoms with Crippen molar-refractivity contribution in [3.8, 4) is 0 Å². The van der Waals surface area contributed by atoms with Crippen molar-refractivity contribution in [2.45, 2.75) is 4.21 Å². The second-order valence-corrected chi connectivity index (χ2v) is 4.69. The Balaban J connectivity index is 0.000001000. The molecule has 58 valence electrons. The zero-order chi connectivity index (χ0) is 7.72. The van der Waals surface area contributed by atoms with Crippen LogP contribution >= 0.6 is 34.5 Å². The Kier molecular flexibility index (Phi) is 5.85. The summed E-state index contributed by atoms with van der Waals surface area (Å²) in [7, 11) is 0. The topological polar surface area (TPSA) is 37.3 Å². The Morgan fingerprint density at radius 3 is 2.27 bits per heavy atom. The summed E-state index contributed by atoms with van der Waals surface area (Å²) in [6.07, 6.45) is 0. The fraction of sp³-hybridized carbons (Fsp3) is 0. The summed E-state index contributed by atoms with van der Waals surface area (Å²) in [6.45, 7) is 0. The van der Waals surface area contributed by atoms with Gasteiger partial charge in [0.15, 0.2) is 11.1 Å². The standard InChI is InChI=1S/C4H2Cl2O2S2.Na.H/c5-2-1-3(10(7)8)9-4(2)6;;/h1H,(H,7,8);;. The fourth-order valence-electron chi connectivity index (χ4n) is 0.413. The molecule has 11 heavy (non-hydrogen) atoms. The fourth-order valence-corrected chi connectivity index (χ4v) is 2.47. The predicted octanol–water partition coefficient (Wildman–Crippen LogP) is 1.99. The van der Waals surface area contributed by atoms with Crippen LogP contribution in [0.5, 0.6) is 0 Å². The van der Waals surface area contributed by atoms with Crippen LogP contribution in [0.15, 0.2) is 10.3 Å². The molecule has 0 aliphatic heterocycles. The molecule has 1 aromatic rings. The Bertz CT molecular complexity index is 256. The van der Waals surface area contributed by atoms with E-state index >= 15 is 0 Å². The molecule has 0 saturated heterocycles. The summed E-state index contributed by atoms with van der Waals surface area (Å²) in [5, 5.41) is 0.323. The van der Waals surface area contributed by atoms with E-state index in [-0.39, 0.29) is 33.8 Å². The molecule has 1 rings (SSSR count). The SMILES string of the molecule is O=S(O)c1cc(Cl)c(Cl)s1.[NaH]. The summed E-state index contributed by atoms with van der Waals surface area (Å²) >= 11 is 10.1. The van der Waals surface area contributed by atoms with E-state index in [0.717, 1.165) is 11.3 Å². The van der Waals surface area contributed by atoms with E-state index in [1.165, 1.54) is 6.07 Å². The predicted molar refractivity (Wildman–Crippen MR) is 50.5 cm³/mol. The van der Waals surface area contributed by atoms with E-state index in [0.29, 0.717) is 9.36 Å². The average Bonchev–Trinajstić information content (AvgIpc) is 2.13. The first-order chi connectivity index (χ1) is 4.61. The molecule has 1 atom stereocenters. The molecule has 0 saturated carbocycles. The first-order valence-electron chi connectivity index (χ1n) is 2.17. The molecular formula is C4H3Cl2NaO2S2. The summed E-state index contributed by atoms with van der Waals surface area (Å²) in [6, 6.07) is 1.38. The molecule has 0 bridgehead atoms. The third kappa shape index (κ3) is 3.32. The van der Waals surface area contributed by atoms with Crippen molar-refractivity contribution in [1.29, 1.82) is 0 Å². The third-order valence-electron chi connectivity index (χ3n) is 0.795. The number of thiophene rings is 1. The molecule has 0 amide bonds. The molecule has 0 radical (unpaired) electrons.